The zero-order valence-corrected chi connectivity index (χ0v) is 6.09. The number of nitriles is 1. The molecule has 0 N–H and O–H groups in total. The Hall–Kier alpha value is -1.69. The molecule has 0 fully saturated rings. The molecule has 1 rings (SSSR count). The molecule has 1 nitrogen and oxygen atoms in total. The van der Waals surface area contributed by atoms with Gasteiger partial charge in [-0.05, 0) is 24.3 Å². The van der Waals surface area contributed by atoms with Gasteiger partial charge in [0.1, 0.15) is 11.6 Å². The van der Waals surface area contributed by atoms with E-state index in [1.54, 1.807) is 6.07 Å². The van der Waals surface area contributed by atoms with Gasteiger partial charge in [-0.15, -0.1) is 0 Å². The van der Waals surface area contributed by atoms with Crippen molar-refractivity contribution < 1.29 is 8.78 Å². The quantitative estimate of drug-likeness (QED) is 0.586. The van der Waals surface area contributed by atoms with E-state index in [1.165, 1.54) is 6.08 Å². The lowest BCUT2D eigenvalue weighted by Crippen LogP contribution is -1.83. The zero-order valence-electron chi connectivity index (χ0n) is 6.09. The highest BCUT2D eigenvalue weighted by Crippen LogP contribution is 2.10. The average molecular weight is 165 g/mol. The average Bonchev–Trinajstić information content (AvgIpc) is 2.07. The van der Waals surface area contributed by atoms with Crippen LogP contribution in [0.15, 0.2) is 24.3 Å². The lowest BCUT2D eigenvalue weighted by molar-refractivity contribution is 0.598. The fourth-order valence-corrected chi connectivity index (χ4v) is 0.769. The predicted molar refractivity (Wildman–Crippen MR) is 41.0 cm³/mol. The predicted octanol–water partition coefficient (Wildman–Crippen LogP) is 2.50. The summed E-state index contributed by atoms with van der Waals surface area (Å²) in [4.78, 5) is 0. The van der Waals surface area contributed by atoms with Crippen molar-refractivity contribution in [2.75, 3.05) is 0 Å². The number of halogens is 2. The molecule has 0 saturated carbocycles. The van der Waals surface area contributed by atoms with Gasteiger partial charge in [0.05, 0.1) is 6.07 Å². The standard InChI is InChI=1S/C9H5F2N/c10-8-3-4-9(11)7(6-8)2-1-5-12/h1-4,6H. The van der Waals surface area contributed by atoms with Crippen LogP contribution in [-0.2, 0) is 0 Å². The number of rotatable bonds is 1. The second-order valence-corrected chi connectivity index (χ2v) is 2.13. The van der Waals surface area contributed by atoms with E-state index in [0.717, 1.165) is 24.3 Å². The van der Waals surface area contributed by atoms with Gasteiger partial charge in [0.2, 0.25) is 0 Å². The zero-order chi connectivity index (χ0) is 8.97. The van der Waals surface area contributed by atoms with E-state index in [1.807, 2.05) is 0 Å². The summed E-state index contributed by atoms with van der Waals surface area (Å²) in [6, 6.07) is 4.77. The van der Waals surface area contributed by atoms with Crippen LogP contribution in [0.3, 0.4) is 0 Å². The molecule has 1 aromatic carbocycles. The van der Waals surface area contributed by atoms with Crippen molar-refractivity contribution in [2.45, 2.75) is 0 Å². The van der Waals surface area contributed by atoms with Crippen LogP contribution in [0.1, 0.15) is 5.56 Å². The molecular formula is C9H5F2N. The molecule has 0 radical (unpaired) electrons. The van der Waals surface area contributed by atoms with Crippen LogP contribution in [0.2, 0.25) is 0 Å². The maximum absolute atomic E-state index is 12.8. The minimum Gasteiger partial charge on any atom is -0.207 e. The topological polar surface area (TPSA) is 23.8 Å². The summed E-state index contributed by atoms with van der Waals surface area (Å²) in [5.41, 5.74) is 0.0801. The molecule has 12 heavy (non-hydrogen) atoms. The van der Waals surface area contributed by atoms with E-state index in [0.29, 0.717) is 0 Å². The molecule has 0 bridgehead atoms. The van der Waals surface area contributed by atoms with E-state index in [-0.39, 0.29) is 5.56 Å². The normalized spacial score (nSPS) is 10.1. The summed E-state index contributed by atoms with van der Waals surface area (Å²) in [6.07, 6.45) is 2.32. The van der Waals surface area contributed by atoms with Crippen LogP contribution >= 0.6 is 0 Å². The van der Waals surface area contributed by atoms with Crippen molar-refractivity contribution in [2.24, 2.45) is 0 Å². The van der Waals surface area contributed by atoms with Crippen LogP contribution in [0.25, 0.3) is 6.08 Å². The first kappa shape index (κ1) is 8.41. The Bertz CT molecular complexity index is 350. The van der Waals surface area contributed by atoms with Crippen molar-refractivity contribution in [1.82, 2.24) is 0 Å². The second-order valence-electron chi connectivity index (χ2n) is 2.13. The molecule has 0 saturated heterocycles. The van der Waals surface area contributed by atoms with Crippen molar-refractivity contribution in [3.63, 3.8) is 0 Å². The highest BCUT2D eigenvalue weighted by molar-refractivity contribution is 5.52. The molecule has 0 aromatic heterocycles. The molecule has 3 heteroatoms. The maximum Gasteiger partial charge on any atom is 0.130 e. The molecule has 60 valence electrons. The van der Waals surface area contributed by atoms with Crippen LogP contribution in [-0.4, -0.2) is 0 Å². The first-order valence-electron chi connectivity index (χ1n) is 3.25. The number of hydrogen-bond acceptors (Lipinski definition) is 1. The summed E-state index contributed by atoms with van der Waals surface area (Å²) in [6.45, 7) is 0. The van der Waals surface area contributed by atoms with Crippen molar-refractivity contribution in [1.29, 1.82) is 5.26 Å². The second kappa shape index (κ2) is 3.63. The molecule has 0 amide bonds. The van der Waals surface area contributed by atoms with E-state index in [4.69, 9.17) is 5.26 Å². The Labute approximate surface area is 68.6 Å². The van der Waals surface area contributed by atoms with Gasteiger partial charge in [-0.2, -0.15) is 5.26 Å². The van der Waals surface area contributed by atoms with E-state index in [2.05, 4.69) is 0 Å². The van der Waals surface area contributed by atoms with Gasteiger partial charge in [0.15, 0.2) is 0 Å². The fraction of sp³-hybridized carbons (Fsp3) is 0. The molecule has 0 aliphatic heterocycles. The third kappa shape index (κ3) is 1.89. The number of allylic oxidation sites excluding steroid dienone is 1. The molecule has 0 aliphatic rings. The SMILES string of the molecule is N#CC=Cc1cc(F)ccc1F. The van der Waals surface area contributed by atoms with Gasteiger partial charge in [-0.25, -0.2) is 8.78 Å². The minimum atomic E-state index is -0.539. The van der Waals surface area contributed by atoms with E-state index in [9.17, 15) is 8.78 Å². The fourth-order valence-electron chi connectivity index (χ4n) is 0.769. The highest BCUT2D eigenvalue weighted by atomic mass is 19.1. The summed E-state index contributed by atoms with van der Waals surface area (Å²) < 4.78 is 25.3. The number of nitrogens with zero attached hydrogens (tertiary/aromatic N) is 1. The summed E-state index contributed by atoms with van der Waals surface area (Å²) in [7, 11) is 0. The maximum atomic E-state index is 12.8. The molecule has 0 aliphatic carbocycles. The lowest BCUT2D eigenvalue weighted by Gasteiger charge is -1.94. The Morgan fingerprint density at radius 3 is 2.75 bits per heavy atom. The first-order valence-corrected chi connectivity index (χ1v) is 3.25. The molecule has 1 aromatic rings. The number of benzene rings is 1. The lowest BCUT2D eigenvalue weighted by atomic mass is 10.2. The largest absolute Gasteiger partial charge is 0.207 e. The van der Waals surface area contributed by atoms with Gasteiger partial charge in [-0.3, -0.25) is 0 Å². The molecule has 0 unspecified atom stereocenters. The Balaban J connectivity index is 3.07. The van der Waals surface area contributed by atoms with Gasteiger partial charge < -0.3 is 0 Å². The highest BCUT2D eigenvalue weighted by Gasteiger charge is 1.98. The Morgan fingerprint density at radius 1 is 1.33 bits per heavy atom. The summed E-state index contributed by atoms with van der Waals surface area (Å²) in [5.74, 6) is -1.06. The van der Waals surface area contributed by atoms with Crippen LogP contribution in [0.5, 0.6) is 0 Å². The molecule has 0 heterocycles. The van der Waals surface area contributed by atoms with Crippen LogP contribution < -0.4 is 0 Å². The molecule has 0 spiro atoms. The van der Waals surface area contributed by atoms with Gasteiger partial charge in [0.25, 0.3) is 0 Å². The molecule has 0 atom stereocenters. The van der Waals surface area contributed by atoms with Crippen molar-refractivity contribution >= 4 is 6.08 Å². The van der Waals surface area contributed by atoms with Gasteiger partial charge in [-0.1, -0.05) is 0 Å². The minimum absolute atomic E-state index is 0.0801. The Kier molecular flexibility index (Phi) is 2.54. The third-order valence-electron chi connectivity index (χ3n) is 1.30. The number of hydrogen-bond donors (Lipinski definition) is 0. The van der Waals surface area contributed by atoms with Crippen LogP contribution in [0.4, 0.5) is 8.78 Å². The first-order chi connectivity index (χ1) is 5.74. The third-order valence-corrected chi connectivity index (χ3v) is 1.30. The van der Waals surface area contributed by atoms with E-state index < -0.39 is 11.6 Å². The van der Waals surface area contributed by atoms with Crippen molar-refractivity contribution in [3.05, 3.63) is 41.5 Å². The summed E-state index contributed by atoms with van der Waals surface area (Å²) >= 11 is 0. The van der Waals surface area contributed by atoms with Crippen molar-refractivity contribution in [3.8, 4) is 6.07 Å². The van der Waals surface area contributed by atoms with Gasteiger partial charge in [0, 0.05) is 11.6 Å². The van der Waals surface area contributed by atoms with Crippen LogP contribution in [0, 0.1) is 23.0 Å². The molecular weight excluding hydrogens is 160 g/mol. The monoisotopic (exact) mass is 165 g/mol. The smallest absolute Gasteiger partial charge is 0.130 e. The summed E-state index contributed by atoms with van der Waals surface area (Å²) in [5, 5.41) is 8.13. The van der Waals surface area contributed by atoms with E-state index >= 15 is 0 Å². The Morgan fingerprint density at radius 2 is 2.08 bits per heavy atom. The van der Waals surface area contributed by atoms with Gasteiger partial charge >= 0.3 is 0 Å².